The van der Waals surface area contributed by atoms with E-state index in [-0.39, 0.29) is 24.7 Å². The van der Waals surface area contributed by atoms with Crippen molar-refractivity contribution in [1.29, 1.82) is 0 Å². The van der Waals surface area contributed by atoms with Crippen molar-refractivity contribution < 1.29 is 59.7 Å². The van der Waals surface area contributed by atoms with Gasteiger partial charge in [-0.2, -0.15) is 26.3 Å². The van der Waals surface area contributed by atoms with Crippen LogP contribution in [0.2, 0.25) is 10.0 Å². The average Bonchev–Trinajstić information content (AvgIpc) is 3.66. The van der Waals surface area contributed by atoms with Crippen LogP contribution in [0, 0.1) is 0 Å². The highest BCUT2D eigenvalue weighted by molar-refractivity contribution is 6.32. The van der Waals surface area contributed by atoms with Crippen molar-refractivity contribution >= 4 is 41.0 Å². The molecule has 0 unspecified atom stereocenters. The topological polar surface area (TPSA) is 97.8 Å². The quantitative estimate of drug-likeness (QED) is 0.185. The van der Waals surface area contributed by atoms with E-state index in [0.717, 1.165) is 17.7 Å². The molecule has 0 bridgehead atoms. The molecule has 2 atom stereocenters. The van der Waals surface area contributed by atoms with Gasteiger partial charge in [0.05, 0.1) is 10.6 Å². The van der Waals surface area contributed by atoms with E-state index >= 15 is 0 Å². The Bertz CT molecular complexity index is 1620. The highest BCUT2D eigenvalue weighted by Crippen LogP contribution is 2.42. The normalized spacial score (nSPS) is 19.7. The van der Waals surface area contributed by atoms with Gasteiger partial charge < -0.3 is 28.7 Å². The number of fused-ring (bicyclic) bond motifs is 1. The molecule has 2 aromatic rings. The molecule has 50 heavy (non-hydrogen) atoms. The number of likely N-dealkylation sites (tertiary alicyclic amines) is 2. The maximum absolute atomic E-state index is 13.6. The molecule has 274 valence electrons. The van der Waals surface area contributed by atoms with E-state index in [0.29, 0.717) is 56.1 Å². The molecule has 2 fully saturated rings. The number of rotatable bonds is 9. The number of hydrogen-bond donors (Lipinski definition) is 0. The van der Waals surface area contributed by atoms with Gasteiger partial charge in [0.25, 0.3) is 5.91 Å². The first-order chi connectivity index (χ1) is 23.3. The number of halogens is 8. The van der Waals surface area contributed by atoms with Gasteiger partial charge in [0, 0.05) is 69.1 Å². The summed E-state index contributed by atoms with van der Waals surface area (Å²) in [6.45, 7) is 0.336. The Morgan fingerprint density at radius 3 is 2.28 bits per heavy atom. The van der Waals surface area contributed by atoms with Gasteiger partial charge in [-0.05, 0) is 50.3 Å². The van der Waals surface area contributed by atoms with Crippen LogP contribution in [-0.2, 0) is 20.7 Å². The minimum Gasteiger partial charge on any atom is -0.489 e. The number of likely N-dealkylation sites (N-methyl/N-ethyl adjacent to an activating group) is 1. The second-order valence-corrected chi connectivity index (χ2v) is 13.5. The summed E-state index contributed by atoms with van der Waals surface area (Å²) in [6.07, 6.45) is -10.1. The van der Waals surface area contributed by atoms with Gasteiger partial charge in [0.1, 0.15) is 29.8 Å². The zero-order valence-corrected chi connectivity index (χ0v) is 28.3. The van der Waals surface area contributed by atoms with Crippen molar-refractivity contribution in [2.75, 3.05) is 53.4 Å². The van der Waals surface area contributed by atoms with Gasteiger partial charge in [0.2, 0.25) is 0 Å². The lowest BCUT2D eigenvalue weighted by Gasteiger charge is -2.39. The molecule has 10 nitrogen and oxygen atoms in total. The van der Waals surface area contributed by atoms with Gasteiger partial charge in [0.15, 0.2) is 5.75 Å². The predicted molar refractivity (Wildman–Crippen MR) is 167 cm³/mol. The highest BCUT2D eigenvalue weighted by atomic mass is 35.5. The molecule has 18 heteroatoms. The number of carbonyl (C=O) groups excluding carboxylic acids is 3. The number of hydrogen-bond acceptors (Lipinski definition) is 9. The Morgan fingerprint density at radius 1 is 0.980 bits per heavy atom. The minimum atomic E-state index is -5.39. The van der Waals surface area contributed by atoms with E-state index < -0.39 is 65.0 Å². The molecule has 1 spiro atoms. The van der Waals surface area contributed by atoms with Crippen LogP contribution >= 0.6 is 23.2 Å². The molecule has 1 amide bonds. The van der Waals surface area contributed by atoms with Gasteiger partial charge in [-0.25, -0.2) is 9.59 Å². The molecule has 0 aliphatic carbocycles. The third-order valence-corrected chi connectivity index (χ3v) is 9.43. The standard InChI is InChI=1S/C32H33Cl2F6N3O7/c1-41(2)20-5-8-43(15-20)27(44)22-12-23(34)26(49-29(46)32(38,39)40)13-25(22)47-17-21(48-28(45)31(35,36)37)16-42-9-6-30(7-10-42)14-18-11-19(33)3-4-24(18)50-30/h3-4,11-13,20-21H,5-10,14-17H2,1-2H3/t20-,21+/m1/s1. The average molecular weight is 757 g/mol. The van der Waals surface area contributed by atoms with E-state index in [9.17, 15) is 40.7 Å². The van der Waals surface area contributed by atoms with E-state index in [1.165, 1.54) is 4.90 Å². The summed E-state index contributed by atoms with van der Waals surface area (Å²) in [5.41, 5.74) is 0.151. The fourth-order valence-corrected chi connectivity index (χ4v) is 6.61. The van der Waals surface area contributed by atoms with E-state index in [4.69, 9.17) is 37.4 Å². The number of ether oxygens (including phenoxy) is 4. The summed E-state index contributed by atoms with van der Waals surface area (Å²) in [7, 11) is 3.66. The molecular weight excluding hydrogens is 723 g/mol. The number of nitrogens with zero attached hydrogens (tertiary/aromatic N) is 3. The zero-order chi connectivity index (χ0) is 36.6. The largest absolute Gasteiger partial charge is 0.491 e. The van der Waals surface area contributed by atoms with Crippen LogP contribution in [0.25, 0.3) is 0 Å². The molecule has 0 saturated carbocycles. The first kappa shape index (κ1) is 37.8. The van der Waals surface area contributed by atoms with Gasteiger partial charge >= 0.3 is 24.3 Å². The molecule has 3 heterocycles. The van der Waals surface area contributed by atoms with E-state index in [2.05, 4.69) is 4.74 Å². The van der Waals surface area contributed by atoms with Crippen LogP contribution < -0.4 is 14.2 Å². The molecule has 5 rings (SSSR count). The Balaban J connectivity index is 1.35. The molecule has 2 aromatic carbocycles. The summed E-state index contributed by atoms with van der Waals surface area (Å²) in [5.74, 6) is -6.27. The number of piperidine rings is 1. The Kier molecular flexibility index (Phi) is 11.1. The van der Waals surface area contributed by atoms with Crippen LogP contribution in [0.4, 0.5) is 26.3 Å². The van der Waals surface area contributed by atoms with Gasteiger partial charge in [-0.3, -0.25) is 9.69 Å². The molecule has 2 saturated heterocycles. The molecule has 0 aromatic heterocycles. The number of amides is 1. The lowest BCUT2D eigenvalue weighted by molar-refractivity contribution is -0.207. The van der Waals surface area contributed by atoms with Gasteiger partial charge in [-0.1, -0.05) is 23.2 Å². The molecular formula is C32H33Cl2F6N3O7. The van der Waals surface area contributed by atoms with Crippen molar-refractivity contribution in [2.24, 2.45) is 0 Å². The monoisotopic (exact) mass is 755 g/mol. The molecule has 3 aliphatic heterocycles. The maximum Gasteiger partial charge on any atom is 0.491 e. The summed E-state index contributed by atoms with van der Waals surface area (Å²) >= 11 is 12.2. The smallest absolute Gasteiger partial charge is 0.489 e. The Morgan fingerprint density at radius 2 is 1.66 bits per heavy atom. The number of esters is 2. The second kappa shape index (κ2) is 14.6. The predicted octanol–water partition coefficient (Wildman–Crippen LogP) is 5.56. The van der Waals surface area contributed by atoms with Crippen molar-refractivity contribution in [3.8, 4) is 17.2 Å². The fourth-order valence-electron chi connectivity index (χ4n) is 6.21. The van der Waals surface area contributed by atoms with Crippen LogP contribution in [0.5, 0.6) is 17.2 Å². The first-order valence-electron chi connectivity index (χ1n) is 15.5. The Hall–Kier alpha value is -3.47. The van der Waals surface area contributed by atoms with Crippen LogP contribution in [0.1, 0.15) is 35.2 Å². The van der Waals surface area contributed by atoms with E-state index in [1.54, 1.807) is 17.0 Å². The summed E-state index contributed by atoms with van der Waals surface area (Å²) < 4.78 is 100.0. The highest BCUT2D eigenvalue weighted by Gasteiger charge is 2.45. The lowest BCUT2D eigenvalue weighted by Crippen LogP contribution is -2.50. The Labute approximate surface area is 293 Å². The van der Waals surface area contributed by atoms with E-state index in [1.807, 2.05) is 25.1 Å². The number of alkyl halides is 6. The third kappa shape index (κ3) is 8.87. The summed E-state index contributed by atoms with van der Waals surface area (Å²) in [5, 5.41) is 0.0352. The SMILES string of the molecule is CN(C)[C@@H]1CCN(C(=O)c2cc(Cl)c(OC(=O)C(F)(F)F)cc2OC[C@H](CN2CCC3(CC2)Cc2cc(Cl)ccc2O3)OC(=O)C(F)(F)F)C1. The van der Waals surface area contributed by atoms with Crippen LogP contribution in [0.3, 0.4) is 0 Å². The third-order valence-electron chi connectivity index (χ3n) is 8.90. The summed E-state index contributed by atoms with van der Waals surface area (Å²) in [6, 6.07) is 7.03. The van der Waals surface area contributed by atoms with Crippen molar-refractivity contribution in [2.45, 2.75) is 55.8 Å². The first-order valence-corrected chi connectivity index (χ1v) is 16.3. The fraction of sp³-hybridized carbons (Fsp3) is 0.531. The number of carbonyl (C=O) groups is 3. The minimum absolute atomic E-state index is 0.00208. The second-order valence-electron chi connectivity index (χ2n) is 12.7. The van der Waals surface area contributed by atoms with Crippen LogP contribution in [0.15, 0.2) is 30.3 Å². The van der Waals surface area contributed by atoms with Crippen molar-refractivity contribution in [3.05, 3.63) is 51.5 Å². The lowest BCUT2D eigenvalue weighted by atomic mass is 9.87. The van der Waals surface area contributed by atoms with Crippen molar-refractivity contribution in [3.63, 3.8) is 0 Å². The summed E-state index contributed by atoms with van der Waals surface area (Å²) in [4.78, 5) is 42.2. The van der Waals surface area contributed by atoms with Crippen molar-refractivity contribution in [1.82, 2.24) is 14.7 Å². The molecule has 0 radical (unpaired) electrons. The number of benzene rings is 2. The molecule has 3 aliphatic rings. The molecule has 0 N–H and O–H groups in total. The zero-order valence-electron chi connectivity index (χ0n) is 26.8. The van der Waals surface area contributed by atoms with Crippen LogP contribution in [-0.4, -0.2) is 116 Å². The van der Waals surface area contributed by atoms with Gasteiger partial charge in [-0.15, -0.1) is 0 Å². The maximum atomic E-state index is 13.6.